The molecule has 1 saturated heterocycles. The monoisotopic (exact) mass is 241 g/mol. The van der Waals surface area contributed by atoms with E-state index in [-0.39, 0.29) is 0 Å². The molecule has 0 saturated carbocycles. The predicted octanol–water partition coefficient (Wildman–Crippen LogP) is 1.72. The molecule has 1 aliphatic heterocycles. The molecule has 1 heterocycles. The zero-order valence-corrected chi connectivity index (χ0v) is 11.7. The molecule has 1 fully saturated rings. The third kappa shape index (κ3) is 4.94. The van der Waals surface area contributed by atoms with Crippen molar-refractivity contribution in [2.24, 2.45) is 10.9 Å². The zero-order valence-electron chi connectivity index (χ0n) is 11.7. The maximum absolute atomic E-state index is 5.66. The summed E-state index contributed by atoms with van der Waals surface area (Å²) < 4.78 is 5.66. The highest BCUT2D eigenvalue weighted by atomic mass is 16.5. The molecule has 17 heavy (non-hydrogen) atoms. The molecular formula is C13H27N3O. The third-order valence-electron chi connectivity index (χ3n) is 3.02. The van der Waals surface area contributed by atoms with E-state index in [2.05, 4.69) is 36.0 Å². The highest BCUT2D eigenvalue weighted by Gasteiger charge is 2.21. The second kappa shape index (κ2) is 7.54. The van der Waals surface area contributed by atoms with Crippen LogP contribution in [0.2, 0.25) is 0 Å². The van der Waals surface area contributed by atoms with Crippen LogP contribution < -0.4 is 5.32 Å². The van der Waals surface area contributed by atoms with Crippen LogP contribution in [0.4, 0.5) is 0 Å². The maximum Gasteiger partial charge on any atom is 0.193 e. The number of guanidine groups is 1. The summed E-state index contributed by atoms with van der Waals surface area (Å²) in [6.07, 6.45) is 2.66. The standard InChI is InChI=1S/C13H27N3O/c1-5-17-12-6-8-16(9-7-12)13(14-4)15-10-11(2)3/h11-12H,5-10H2,1-4H3,(H,14,15). The molecule has 0 radical (unpaired) electrons. The van der Waals surface area contributed by atoms with Crippen molar-refractivity contribution < 1.29 is 4.74 Å². The quantitative estimate of drug-likeness (QED) is 0.601. The Morgan fingerprint density at radius 2 is 2.06 bits per heavy atom. The van der Waals surface area contributed by atoms with Gasteiger partial charge in [-0.25, -0.2) is 0 Å². The maximum atomic E-state index is 5.66. The van der Waals surface area contributed by atoms with Gasteiger partial charge in [0.2, 0.25) is 0 Å². The van der Waals surface area contributed by atoms with Crippen molar-refractivity contribution >= 4 is 5.96 Å². The van der Waals surface area contributed by atoms with E-state index in [1.807, 2.05) is 7.05 Å². The van der Waals surface area contributed by atoms with Crippen LogP contribution in [0.1, 0.15) is 33.6 Å². The SMILES string of the molecule is CCOC1CCN(C(=NC)NCC(C)C)CC1. The van der Waals surface area contributed by atoms with Gasteiger partial charge in [-0.3, -0.25) is 4.99 Å². The summed E-state index contributed by atoms with van der Waals surface area (Å²) in [5, 5.41) is 3.42. The molecule has 4 heteroatoms. The lowest BCUT2D eigenvalue weighted by Crippen LogP contribution is -2.47. The van der Waals surface area contributed by atoms with Gasteiger partial charge in [-0.2, -0.15) is 0 Å². The lowest BCUT2D eigenvalue weighted by molar-refractivity contribution is 0.0263. The van der Waals surface area contributed by atoms with Gasteiger partial charge in [-0.05, 0) is 25.7 Å². The second-order valence-electron chi connectivity index (χ2n) is 4.96. The fraction of sp³-hybridized carbons (Fsp3) is 0.923. The van der Waals surface area contributed by atoms with Gasteiger partial charge in [0.1, 0.15) is 0 Å². The van der Waals surface area contributed by atoms with Crippen molar-refractivity contribution in [3.63, 3.8) is 0 Å². The number of piperidine rings is 1. The van der Waals surface area contributed by atoms with Crippen molar-refractivity contribution in [3.05, 3.63) is 0 Å². The van der Waals surface area contributed by atoms with E-state index in [1.165, 1.54) is 0 Å². The molecule has 0 bridgehead atoms. The fourth-order valence-electron chi connectivity index (χ4n) is 2.10. The largest absolute Gasteiger partial charge is 0.378 e. The van der Waals surface area contributed by atoms with Crippen molar-refractivity contribution in [1.82, 2.24) is 10.2 Å². The van der Waals surface area contributed by atoms with Crippen molar-refractivity contribution in [3.8, 4) is 0 Å². The lowest BCUT2D eigenvalue weighted by atomic mass is 10.1. The van der Waals surface area contributed by atoms with Gasteiger partial charge in [0.05, 0.1) is 6.10 Å². The summed E-state index contributed by atoms with van der Waals surface area (Å²) >= 11 is 0. The molecule has 1 rings (SSSR count). The fourth-order valence-corrected chi connectivity index (χ4v) is 2.10. The van der Waals surface area contributed by atoms with Gasteiger partial charge in [0, 0.05) is 33.3 Å². The smallest absolute Gasteiger partial charge is 0.193 e. The first-order chi connectivity index (χ1) is 8.17. The van der Waals surface area contributed by atoms with E-state index in [1.54, 1.807) is 0 Å². The summed E-state index contributed by atoms with van der Waals surface area (Å²) in [6, 6.07) is 0. The first-order valence-corrected chi connectivity index (χ1v) is 6.74. The third-order valence-corrected chi connectivity index (χ3v) is 3.02. The lowest BCUT2D eigenvalue weighted by Gasteiger charge is -2.34. The predicted molar refractivity (Wildman–Crippen MR) is 72.4 cm³/mol. The van der Waals surface area contributed by atoms with Crippen LogP contribution in [0.3, 0.4) is 0 Å². The van der Waals surface area contributed by atoms with Crippen LogP contribution in [0.15, 0.2) is 4.99 Å². The molecule has 0 aromatic heterocycles. The minimum atomic E-state index is 0.444. The molecular weight excluding hydrogens is 214 g/mol. The molecule has 0 aromatic rings. The summed E-state index contributed by atoms with van der Waals surface area (Å²) in [5.41, 5.74) is 0. The molecule has 0 atom stereocenters. The van der Waals surface area contributed by atoms with Gasteiger partial charge < -0.3 is 15.0 Å². The highest BCUT2D eigenvalue weighted by Crippen LogP contribution is 2.13. The van der Waals surface area contributed by atoms with E-state index in [0.29, 0.717) is 12.0 Å². The van der Waals surface area contributed by atoms with Gasteiger partial charge in [-0.15, -0.1) is 0 Å². The molecule has 1 N–H and O–H groups in total. The first kappa shape index (κ1) is 14.3. The van der Waals surface area contributed by atoms with Crippen LogP contribution in [0.5, 0.6) is 0 Å². The minimum absolute atomic E-state index is 0.444. The number of likely N-dealkylation sites (tertiary alicyclic amines) is 1. The van der Waals surface area contributed by atoms with Crippen molar-refractivity contribution in [2.75, 3.05) is 33.3 Å². The minimum Gasteiger partial charge on any atom is -0.378 e. The highest BCUT2D eigenvalue weighted by molar-refractivity contribution is 5.79. The normalized spacial score (nSPS) is 18.9. The van der Waals surface area contributed by atoms with E-state index in [0.717, 1.165) is 45.0 Å². The summed E-state index contributed by atoms with van der Waals surface area (Å²) in [4.78, 5) is 6.68. The van der Waals surface area contributed by atoms with Crippen LogP contribution in [-0.2, 0) is 4.74 Å². The molecule has 0 unspecified atom stereocenters. The molecule has 4 nitrogen and oxygen atoms in total. The number of aliphatic imine (C=N–C) groups is 1. The summed E-state index contributed by atoms with van der Waals surface area (Å²) in [7, 11) is 1.86. The first-order valence-electron chi connectivity index (χ1n) is 6.74. The van der Waals surface area contributed by atoms with Crippen molar-refractivity contribution in [1.29, 1.82) is 0 Å². The number of hydrogen-bond donors (Lipinski definition) is 1. The Kier molecular flexibility index (Phi) is 6.34. The number of nitrogens with one attached hydrogen (secondary N) is 1. The Hall–Kier alpha value is -0.770. The van der Waals surface area contributed by atoms with Gasteiger partial charge in [0.25, 0.3) is 0 Å². The van der Waals surface area contributed by atoms with E-state index >= 15 is 0 Å². The summed E-state index contributed by atoms with van der Waals surface area (Å²) in [6.45, 7) is 10.4. The van der Waals surface area contributed by atoms with E-state index < -0.39 is 0 Å². The Morgan fingerprint density at radius 3 is 2.53 bits per heavy atom. The van der Waals surface area contributed by atoms with Crippen LogP contribution in [0.25, 0.3) is 0 Å². The number of ether oxygens (including phenoxy) is 1. The molecule has 1 aliphatic rings. The van der Waals surface area contributed by atoms with Gasteiger partial charge in [0.15, 0.2) is 5.96 Å². The molecule has 0 aromatic carbocycles. The topological polar surface area (TPSA) is 36.9 Å². The molecule has 0 spiro atoms. The average molecular weight is 241 g/mol. The molecule has 0 aliphatic carbocycles. The van der Waals surface area contributed by atoms with Crippen LogP contribution >= 0.6 is 0 Å². The summed E-state index contributed by atoms with van der Waals surface area (Å²) in [5.74, 6) is 1.68. The Bertz CT molecular complexity index is 233. The second-order valence-corrected chi connectivity index (χ2v) is 4.96. The zero-order chi connectivity index (χ0) is 12.7. The Morgan fingerprint density at radius 1 is 1.41 bits per heavy atom. The van der Waals surface area contributed by atoms with Gasteiger partial charge in [-0.1, -0.05) is 13.8 Å². The van der Waals surface area contributed by atoms with E-state index in [4.69, 9.17) is 4.74 Å². The molecule has 100 valence electrons. The van der Waals surface area contributed by atoms with Crippen molar-refractivity contribution in [2.45, 2.75) is 39.7 Å². The van der Waals surface area contributed by atoms with Crippen LogP contribution in [-0.4, -0.2) is 50.3 Å². The number of rotatable bonds is 4. The van der Waals surface area contributed by atoms with Crippen LogP contribution in [0, 0.1) is 5.92 Å². The Balaban J connectivity index is 2.35. The Labute approximate surface area is 105 Å². The van der Waals surface area contributed by atoms with E-state index in [9.17, 15) is 0 Å². The van der Waals surface area contributed by atoms with Gasteiger partial charge >= 0.3 is 0 Å². The molecule has 0 amide bonds. The number of hydrogen-bond acceptors (Lipinski definition) is 2. The number of nitrogens with zero attached hydrogens (tertiary/aromatic N) is 2. The average Bonchev–Trinajstić information content (AvgIpc) is 2.32.